The van der Waals surface area contributed by atoms with Gasteiger partial charge in [-0.1, -0.05) is 24.3 Å². The molecule has 1 aromatic carbocycles. The molecule has 6 heteroatoms. The molecule has 0 spiro atoms. The van der Waals surface area contributed by atoms with Crippen LogP contribution in [0.15, 0.2) is 34.7 Å². The van der Waals surface area contributed by atoms with Crippen LogP contribution in [0, 0.1) is 13.8 Å². The van der Waals surface area contributed by atoms with E-state index >= 15 is 0 Å². The molecule has 0 radical (unpaired) electrons. The van der Waals surface area contributed by atoms with E-state index in [1.165, 1.54) is 5.56 Å². The number of nitrogens with one attached hydrogen (secondary N) is 3. The second kappa shape index (κ2) is 6.78. The van der Waals surface area contributed by atoms with Gasteiger partial charge in [0.05, 0.1) is 11.6 Å². The summed E-state index contributed by atoms with van der Waals surface area (Å²) in [7, 11) is 0. The number of benzene rings is 1. The van der Waals surface area contributed by atoms with E-state index in [4.69, 9.17) is 4.42 Å². The van der Waals surface area contributed by atoms with E-state index < -0.39 is 11.9 Å². The molecule has 126 valence electrons. The van der Waals surface area contributed by atoms with Crippen LogP contribution < -0.4 is 16.2 Å². The van der Waals surface area contributed by atoms with Crippen molar-refractivity contribution in [2.45, 2.75) is 39.2 Å². The molecule has 3 amide bonds. The Bertz CT molecular complexity index is 767. The molecule has 1 aromatic heterocycles. The fourth-order valence-corrected chi connectivity index (χ4v) is 3.14. The molecule has 0 fully saturated rings. The third-order valence-electron chi connectivity index (χ3n) is 4.25. The predicted octanol–water partition coefficient (Wildman–Crippen LogP) is 2.92. The van der Waals surface area contributed by atoms with Gasteiger partial charge in [-0.05, 0) is 50.3 Å². The Labute approximate surface area is 140 Å². The molecule has 24 heavy (non-hydrogen) atoms. The van der Waals surface area contributed by atoms with Crippen LogP contribution in [0.1, 0.15) is 51.9 Å². The molecule has 1 aliphatic carbocycles. The van der Waals surface area contributed by atoms with Gasteiger partial charge in [0.2, 0.25) is 0 Å². The summed E-state index contributed by atoms with van der Waals surface area (Å²) in [6.07, 6.45) is 2.95. The third-order valence-corrected chi connectivity index (χ3v) is 4.25. The van der Waals surface area contributed by atoms with Gasteiger partial charge in [0.1, 0.15) is 11.5 Å². The number of carbonyl (C=O) groups is 2. The quantitative estimate of drug-likeness (QED) is 0.742. The van der Waals surface area contributed by atoms with E-state index in [1.54, 1.807) is 19.9 Å². The lowest BCUT2D eigenvalue weighted by molar-refractivity contribution is 0.0934. The first-order valence-corrected chi connectivity index (χ1v) is 8.06. The molecular weight excluding hydrogens is 306 g/mol. The fourth-order valence-electron chi connectivity index (χ4n) is 3.14. The fraction of sp³-hybridized carbons (Fsp3) is 0.333. The van der Waals surface area contributed by atoms with Crippen molar-refractivity contribution in [3.8, 4) is 0 Å². The summed E-state index contributed by atoms with van der Waals surface area (Å²) in [5.74, 6) is 0.776. The van der Waals surface area contributed by atoms with E-state index in [1.807, 2.05) is 18.2 Å². The van der Waals surface area contributed by atoms with Gasteiger partial charge >= 0.3 is 6.03 Å². The van der Waals surface area contributed by atoms with Crippen molar-refractivity contribution in [2.24, 2.45) is 0 Å². The molecule has 3 N–H and O–H groups in total. The Hall–Kier alpha value is -2.76. The number of urea groups is 1. The minimum atomic E-state index is -0.428. The van der Waals surface area contributed by atoms with Crippen LogP contribution >= 0.6 is 0 Å². The first-order valence-electron chi connectivity index (χ1n) is 8.06. The van der Waals surface area contributed by atoms with Gasteiger partial charge in [0.25, 0.3) is 5.91 Å². The van der Waals surface area contributed by atoms with Crippen molar-refractivity contribution in [3.63, 3.8) is 0 Å². The highest BCUT2D eigenvalue weighted by molar-refractivity contribution is 5.96. The molecule has 1 atom stereocenters. The Kier molecular flexibility index (Phi) is 4.55. The Morgan fingerprint density at radius 2 is 1.96 bits per heavy atom. The Morgan fingerprint density at radius 3 is 2.71 bits per heavy atom. The molecule has 0 bridgehead atoms. The topological polar surface area (TPSA) is 83.4 Å². The third kappa shape index (κ3) is 3.42. The minimum absolute atomic E-state index is 0.0373. The number of carbonyl (C=O) groups excluding carboxylic acids is 2. The van der Waals surface area contributed by atoms with E-state index in [9.17, 15) is 9.59 Å². The zero-order valence-electron chi connectivity index (χ0n) is 13.8. The van der Waals surface area contributed by atoms with Gasteiger partial charge in [-0.2, -0.15) is 0 Å². The number of furan rings is 1. The van der Waals surface area contributed by atoms with Crippen molar-refractivity contribution < 1.29 is 14.0 Å². The van der Waals surface area contributed by atoms with E-state index in [0.29, 0.717) is 17.1 Å². The van der Waals surface area contributed by atoms with Crippen LogP contribution in [0.25, 0.3) is 0 Å². The summed E-state index contributed by atoms with van der Waals surface area (Å²) in [6.45, 7) is 3.48. The number of aryl methyl sites for hydroxylation is 3. The summed E-state index contributed by atoms with van der Waals surface area (Å²) in [5, 5.41) is 2.91. The maximum absolute atomic E-state index is 12.1. The van der Waals surface area contributed by atoms with E-state index in [-0.39, 0.29) is 6.04 Å². The number of hydrogen-bond donors (Lipinski definition) is 3. The predicted molar refractivity (Wildman–Crippen MR) is 89.4 cm³/mol. The number of rotatable bonds is 2. The van der Waals surface area contributed by atoms with Crippen molar-refractivity contribution in [3.05, 3.63) is 58.5 Å². The Balaban J connectivity index is 1.57. The maximum Gasteiger partial charge on any atom is 0.333 e. The first kappa shape index (κ1) is 16.1. The van der Waals surface area contributed by atoms with Crippen LogP contribution in [0.3, 0.4) is 0 Å². The van der Waals surface area contributed by atoms with Crippen LogP contribution in [-0.4, -0.2) is 11.9 Å². The second-order valence-electron chi connectivity index (χ2n) is 6.02. The molecule has 0 saturated carbocycles. The van der Waals surface area contributed by atoms with Crippen LogP contribution in [0.2, 0.25) is 0 Å². The lowest BCUT2D eigenvalue weighted by atomic mass is 9.88. The normalized spacial score (nSPS) is 16.2. The largest absolute Gasteiger partial charge is 0.466 e. The maximum atomic E-state index is 12.1. The lowest BCUT2D eigenvalue weighted by Crippen LogP contribution is -2.48. The Morgan fingerprint density at radius 1 is 1.17 bits per heavy atom. The lowest BCUT2D eigenvalue weighted by Gasteiger charge is -2.26. The molecule has 2 aromatic rings. The summed E-state index contributed by atoms with van der Waals surface area (Å²) < 4.78 is 5.31. The van der Waals surface area contributed by atoms with Gasteiger partial charge in [-0.25, -0.2) is 10.2 Å². The molecule has 0 saturated heterocycles. The standard InChI is InChI=1S/C18H21N3O3/c1-11-10-15(12(2)24-11)17(22)20-21-18(23)19-16-9-5-7-13-6-3-4-8-14(13)16/h3-4,6,8,10,16H,5,7,9H2,1-2H3,(H,20,22)(H2,19,21,23). The SMILES string of the molecule is Cc1cc(C(=O)NNC(=O)NC2CCCc3ccccc32)c(C)o1. The van der Waals surface area contributed by atoms with Gasteiger partial charge in [0, 0.05) is 0 Å². The molecule has 3 rings (SSSR count). The van der Waals surface area contributed by atoms with E-state index in [2.05, 4.69) is 22.2 Å². The highest BCUT2D eigenvalue weighted by Crippen LogP contribution is 2.29. The average molecular weight is 327 g/mol. The molecular formula is C18H21N3O3. The van der Waals surface area contributed by atoms with Crippen LogP contribution in [0.4, 0.5) is 4.79 Å². The zero-order valence-corrected chi connectivity index (χ0v) is 13.8. The number of fused-ring (bicyclic) bond motifs is 1. The average Bonchev–Trinajstić information content (AvgIpc) is 2.91. The highest BCUT2D eigenvalue weighted by atomic mass is 16.3. The second-order valence-corrected chi connectivity index (χ2v) is 6.02. The molecule has 1 unspecified atom stereocenters. The molecule has 0 aliphatic heterocycles. The molecule has 1 aliphatic rings. The van der Waals surface area contributed by atoms with Gasteiger partial charge in [-0.3, -0.25) is 10.2 Å². The van der Waals surface area contributed by atoms with Gasteiger partial charge in [-0.15, -0.1) is 0 Å². The van der Waals surface area contributed by atoms with Crippen molar-refractivity contribution in [2.75, 3.05) is 0 Å². The summed E-state index contributed by atoms with van der Waals surface area (Å²) in [5.41, 5.74) is 7.63. The zero-order chi connectivity index (χ0) is 17.1. The van der Waals surface area contributed by atoms with Gasteiger partial charge in [0.15, 0.2) is 0 Å². The summed E-state index contributed by atoms with van der Waals surface area (Å²) in [4.78, 5) is 24.1. The van der Waals surface area contributed by atoms with Crippen molar-refractivity contribution >= 4 is 11.9 Å². The van der Waals surface area contributed by atoms with Crippen molar-refractivity contribution in [1.82, 2.24) is 16.2 Å². The van der Waals surface area contributed by atoms with Crippen LogP contribution in [0.5, 0.6) is 0 Å². The highest BCUT2D eigenvalue weighted by Gasteiger charge is 2.21. The molecule has 1 heterocycles. The van der Waals surface area contributed by atoms with Gasteiger partial charge < -0.3 is 9.73 Å². The van der Waals surface area contributed by atoms with Crippen molar-refractivity contribution in [1.29, 1.82) is 0 Å². The van der Waals surface area contributed by atoms with Crippen LogP contribution in [-0.2, 0) is 6.42 Å². The summed E-state index contributed by atoms with van der Waals surface area (Å²) in [6, 6.07) is 9.29. The monoisotopic (exact) mass is 327 g/mol. The minimum Gasteiger partial charge on any atom is -0.466 e. The summed E-state index contributed by atoms with van der Waals surface area (Å²) >= 11 is 0. The van der Waals surface area contributed by atoms with E-state index in [0.717, 1.165) is 24.8 Å². The molecule has 6 nitrogen and oxygen atoms in total. The number of hydrazine groups is 1. The first-order chi connectivity index (χ1) is 11.5. The number of amides is 3. The number of hydrogen-bond acceptors (Lipinski definition) is 3. The smallest absolute Gasteiger partial charge is 0.333 e.